The molecule has 0 aliphatic heterocycles. The molecule has 2 aromatic rings. The highest BCUT2D eigenvalue weighted by Crippen LogP contribution is 2.22. The molecule has 0 atom stereocenters. The van der Waals surface area contributed by atoms with E-state index in [2.05, 4.69) is 41.4 Å². The maximum atomic E-state index is 13.5. The highest BCUT2D eigenvalue weighted by molar-refractivity contribution is 7.11. The Morgan fingerprint density at radius 1 is 1.32 bits per heavy atom. The number of hydrogen-bond acceptors (Lipinski definition) is 3. The Kier molecular flexibility index (Phi) is 6.93. The summed E-state index contributed by atoms with van der Waals surface area (Å²) in [5.74, 6) is 0.541. The Hall–Kier alpha value is -1.95. The normalized spacial score (nSPS) is 12.3. The van der Waals surface area contributed by atoms with E-state index < -0.39 is 0 Å². The van der Waals surface area contributed by atoms with Gasteiger partial charge in [-0.05, 0) is 24.1 Å². The third-order valence-corrected chi connectivity index (χ3v) is 5.31. The van der Waals surface area contributed by atoms with Crippen molar-refractivity contribution in [3.05, 3.63) is 51.7 Å². The van der Waals surface area contributed by atoms with Gasteiger partial charge in [-0.1, -0.05) is 32.9 Å². The van der Waals surface area contributed by atoms with Gasteiger partial charge in [0, 0.05) is 43.0 Å². The number of thiazole rings is 1. The van der Waals surface area contributed by atoms with Crippen LogP contribution in [0.1, 0.15) is 36.2 Å². The summed E-state index contributed by atoms with van der Waals surface area (Å²) in [5, 5.41) is 7.78. The fourth-order valence-electron chi connectivity index (χ4n) is 2.45. The average Bonchev–Trinajstić information content (AvgIpc) is 3.06. The minimum Gasteiger partial charge on any atom is -0.356 e. The fraction of sp³-hybridized carbons (Fsp3) is 0.474. The standard InChI is InChI=1S/C19H27FN4S/c1-5-16-12-23-17(25-16)9-10-22-18(21-4)24-13-19(2,3)14-7-6-8-15(20)11-14/h6-8,11-12H,5,9-10,13H2,1-4H3,(H2,21,22,24). The zero-order chi connectivity index (χ0) is 18.3. The quantitative estimate of drug-likeness (QED) is 0.585. The van der Waals surface area contributed by atoms with Crippen molar-refractivity contribution in [3.63, 3.8) is 0 Å². The highest BCUT2D eigenvalue weighted by Gasteiger charge is 2.21. The Balaban J connectivity index is 1.83. The van der Waals surface area contributed by atoms with E-state index in [0.29, 0.717) is 6.54 Å². The van der Waals surface area contributed by atoms with E-state index in [-0.39, 0.29) is 11.2 Å². The molecule has 4 nitrogen and oxygen atoms in total. The van der Waals surface area contributed by atoms with Gasteiger partial charge in [-0.2, -0.15) is 0 Å². The van der Waals surface area contributed by atoms with Gasteiger partial charge in [-0.3, -0.25) is 4.99 Å². The molecule has 2 N–H and O–H groups in total. The van der Waals surface area contributed by atoms with Crippen molar-refractivity contribution in [2.24, 2.45) is 4.99 Å². The van der Waals surface area contributed by atoms with Crippen LogP contribution in [0.5, 0.6) is 0 Å². The summed E-state index contributed by atoms with van der Waals surface area (Å²) in [4.78, 5) is 10.00. The molecule has 25 heavy (non-hydrogen) atoms. The van der Waals surface area contributed by atoms with Crippen LogP contribution in [0.4, 0.5) is 4.39 Å². The monoisotopic (exact) mass is 362 g/mol. The molecule has 1 heterocycles. The van der Waals surface area contributed by atoms with E-state index in [1.54, 1.807) is 30.5 Å². The van der Waals surface area contributed by atoms with Crippen LogP contribution in [0.3, 0.4) is 0 Å². The van der Waals surface area contributed by atoms with E-state index >= 15 is 0 Å². The van der Waals surface area contributed by atoms with Gasteiger partial charge in [0.05, 0.1) is 5.01 Å². The number of aryl methyl sites for hydroxylation is 1. The third-order valence-electron chi connectivity index (χ3n) is 4.11. The number of halogens is 1. The van der Waals surface area contributed by atoms with E-state index in [0.717, 1.165) is 35.9 Å². The van der Waals surface area contributed by atoms with Crippen molar-refractivity contribution < 1.29 is 4.39 Å². The molecule has 0 saturated carbocycles. The van der Waals surface area contributed by atoms with Crippen LogP contribution < -0.4 is 10.6 Å². The summed E-state index contributed by atoms with van der Waals surface area (Å²) < 4.78 is 13.5. The Morgan fingerprint density at radius 3 is 2.76 bits per heavy atom. The van der Waals surface area contributed by atoms with E-state index in [9.17, 15) is 4.39 Å². The van der Waals surface area contributed by atoms with Gasteiger partial charge in [0.25, 0.3) is 0 Å². The second kappa shape index (κ2) is 8.94. The molecule has 1 aromatic heterocycles. The predicted octanol–water partition coefficient (Wildman–Crippen LogP) is 3.53. The second-order valence-corrected chi connectivity index (χ2v) is 7.77. The molecule has 0 amide bonds. The molecule has 1 aromatic carbocycles. The molecule has 2 rings (SSSR count). The largest absolute Gasteiger partial charge is 0.356 e. The molecule has 136 valence electrons. The SMILES string of the molecule is CCc1cnc(CCNC(=NC)NCC(C)(C)c2cccc(F)c2)s1. The molecular weight excluding hydrogens is 335 g/mol. The second-order valence-electron chi connectivity index (χ2n) is 6.57. The summed E-state index contributed by atoms with van der Waals surface area (Å²) >= 11 is 1.76. The molecule has 0 unspecified atom stereocenters. The summed E-state index contributed by atoms with van der Waals surface area (Å²) in [5.41, 5.74) is 0.760. The Labute approximate surface area is 153 Å². The van der Waals surface area contributed by atoms with Crippen LogP contribution >= 0.6 is 11.3 Å². The highest BCUT2D eigenvalue weighted by atomic mass is 32.1. The molecule has 0 saturated heterocycles. The van der Waals surface area contributed by atoms with Crippen LogP contribution in [-0.4, -0.2) is 31.1 Å². The first-order valence-corrected chi connectivity index (χ1v) is 9.40. The number of benzene rings is 1. The smallest absolute Gasteiger partial charge is 0.191 e. The van der Waals surface area contributed by atoms with Gasteiger partial charge >= 0.3 is 0 Å². The predicted molar refractivity (Wildman–Crippen MR) is 104 cm³/mol. The lowest BCUT2D eigenvalue weighted by Gasteiger charge is -2.26. The number of hydrogen-bond donors (Lipinski definition) is 2. The van der Waals surface area contributed by atoms with E-state index in [1.807, 2.05) is 12.3 Å². The Morgan fingerprint density at radius 2 is 2.12 bits per heavy atom. The fourth-order valence-corrected chi connectivity index (χ4v) is 3.31. The van der Waals surface area contributed by atoms with Gasteiger partial charge in [0.15, 0.2) is 5.96 Å². The van der Waals surface area contributed by atoms with Gasteiger partial charge in [0.1, 0.15) is 5.82 Å². The van der Waals surface area contributed by atoms with Crippen molar-refractivity contribution in [2.75, 3.05) is 20.1 Å². The van der Waals surface area contributed by atoms with Crippen molar-refractivity contribution >= 4 is 17.3 Å². The van der Waals surface area contributed by atoms with Crippen molar-refractivity contribution in [2.45, 2.75) is 39.0 Å². The molecule has 0 aliphatic rings. The van der Waals surface area contributed by atoms with Crippen LogP contribution in [0.15, 0.2) is 35.5 Å². The van der Waals surface area contributed by atoms with Crippen LogP contribution in [-0.2, 0) is 18.3 Å². The first kappa shape index (κ1) is 19.4. The minimum atomic E-state index is -0.206. The number of aromatic nitrogens is 1. The Bertz CT molecular complexity index is 709. The van der Waals surface area contributed by atoms with Crippen LogP contribution in [0.25, 0.3) is 0 Å². The maximum absolute atomic E-state index is 13.5. The van der Waals surface area contributed by atoms with E-state index in [1.165, 1.54) is 10.9 Å². The molecule has 0 fully saturated rings. The summed E-state index contributed by atoms with van der Waals surface area (Å²) in [6.45, 7) is 7.75. The number of aliphatic imine (C=N–C) groups is 1. The molecule has 6 heteroatoms. The third kappa shape index (κ3) is 5.81. The molecule has 0 radical (unpaired) electrons. The number of guanidine groups is 1. The average molecular weight is 363 g/mol. The van der Waals surface area contributed by atoms with Gasteiger partial charge in [0.2, 0.25) is 0 Å². The molecular formula is C19H27FN4S. The first-order chi connectivity index (χ1) is 11.9. The van der Waals surface area contributed by atoms with Gasteiger partial charge < -0.3 is 10.6 Å². The zero-order valence-electron chi connectivity index (χ0n) is 15.4. The lowest BCUT2D eigenvalue weighted by Crippen LogP contribution is -2.44. The number of rotatable bonds is 7. The minimum absolute atomic E-state index is 0.203. The van der Waals surface area contributed by atoms with Crippen molar-refractivity contribution in [3.8, 4) is 0 Å². The molecule has 0 spiro atoms. The van der Waals surface area contributed by atoms with Crippen LogP contribution in [0, 0.1) is 5.82 Å². The lowest BCUT2D eigenvalue weighted by molar-refractivity contribution is 0.503. The number of nitrogens with zero attached hydrogens (tertiary/aromatic N) is 2. The van der Waals surface area contributed by atoms with Crippen LogP contribution in [0.2, 0.25) is 0 Å². The van der Waals surface area contributed by atoms with Gasteiger partial charge in [-0.25, -0.2) is 9.37 Å². The molecule has 0 aliphatic carbocycles. The van der Waals surface area contributed by atoms with Crippen molar-refractivity contribution in [1.82, 2.24) is 15.6 Å². The lowest BCUT2D eigenvalue weighted by atomic mass is 9.84. The first-order valence-electron chi connectivity index (χ1n) is 8.58. The topological polar surface area (TPSA) is 49.3 Å². The summed E-state index contributed by atoms with van der Waals surface area (Å²) in [6, 6.07) is 6.76. The summed E-state index contributed by atoms with van der Waals surface area (Å²) in [6.07, 6.45) is 3.86. The maximum Gasteiger partial charge on any atom is 0.191 e. The van der Waals surface area contributed by atoms with Gasteiger partial charge in [-0.15, -0.1) is 11.3 Å². The molecule has 0 bridgehead atoms. The van der Waals surface area contributed by atoms with E-state index in [4.69, 9.17) is 0 Å². The van der Waals surface area contributed by atoms with Crippen molar-refractivity contribution in [1.29, 1.82) is 0 Å². The number of nitrogens with one attached hydrogen (secondary N) is 2. The summed E-state index contributed by atoms with van der Waals surface area (Å²) in [7, 11) is 1.75. The zero-order valence-corrected chi connectivity index (χ0v) is 16.2.